The molecule has 204 valence electrons. The van der Waals surface area contributed by atoms with Crippen LogP contribution in [0.5, 0.6) is 0 Å². The van der Waals surface area contributed by atoms with Gasteiger partial charge in [-0.2, -0.15) is 0 Å². The molecule has 1 saturated carbocycles. The third-order valence-corrected chi connectivity index (χ3v) is 9.42. The number of ether oxygens (including phenoxy) is 1. The fraction of sp³-hybridized carbons (Fsp3) is 0.516. The Labute approximate surface area is 243 Å². The molecule has 3 fully saturated rings. The van der Waals surface area contributed by atoms with Crippen LogP contribution < -0.4 is 5.32 Å². The highest BCUT2D eigenvalue weighted by molar-refractivity contribution is 9.10. The molecule has 6 atom stereocenters. The minimum atomic E-state index is -0.768. The predicted octanol–water partition coefficient (Wildman–Crippen LogP) is 7.20. The second kappa shape index (κ2) is 11.1. The summed E-state index contributed by atoms with van der Waals surface area (Å²) in [4.78, 5) is 14.0. The summed E-state index contributed by atoms with van der Waals surface area (Å²) in [6.45, 7) is 8.17. The van der Waals surface area contributed by atoms with Crippen molar-refractivity contribution in [3.8, 4) is 0 Å². The molecule has 1 amide bonds. The van der Waals surface area contributed by atoms with Crippen LogP contribution in [-0.2, 0) is 10.3 Å². The van der Waals surface area contributed by atoms with Crippen molar-refractivity contribution in [3.63, 3.8) is 0 Å². The molecule has 0 spiro atoms. The number of carbonyl (C=O) groups excluding carboxylic acids is 1. The summed E-state index contributed by atoms with van der Waals surface area (Å²) >= 11 is 6.90. The fourth-order valence-electron chi connectivity index (χ4n) is 6.58. The molecule has 6 rings (SSSR count). The van der Waals surface area contributed by atoms with E-state index in [1.54, 1.807) is 4.90 Å². The van der Waals surface area contributed by atoms with Gasteiger partial charge in [0.2, 0.25) is 0 Å². The minimum Gasteiger partial charge on any atom is -0.444 e. The smallest absolute Gasteiger partial charge is 0.410 e. The van der Waals surface area contributed by atoms with Gasteiger partial charge in [-0.3, -0.25) is 0 Å². The van der Waals surface area contributed by atoms with E-state index in [9.17, 15) is 9.90 Å². The van der Waals surface area contributed by atoms with Gasteiger partial charge in [0.25, 0.3) is 0 Å². The lowest BCUT2D eigenvalue weighted by molar-refractivity contribution is 0.0155. The van der Waals surface area contributed by atoms with Gasteiger partial charge in [0, 0.05) is 34.0 Å². The molecule has 38 heavy (non-hydrogen) atoms. The zero-order valence-corrected chi connectivity index (χ0v) is 25.5. The Morgan fingerprint density at radius 1 is 0.974 bits per heavy atom. The van der Waals surface area contributed by atoms with Crippen LogP contribution in [0.25, 0.3) is 0 Å². The molecule has 2 aromatic rings. The fourth-order valence-corrected chi connectivity index (χ4v) is 7.10. The van der Waals surface area contributed by atoms with Crippen LogP contribution in [0.15, 0.2) is 69.6 Å². The van der Waals surface area contributed by atoms with Crippen molar-refractivity contribution in [2.75, 3.05) is 19.6 Å². The number of hydrogen-bond acceptors (Lipinski definition) is 4. The third-order valence-electron chi connectivity index (χ3n) is 8.36. The van der Waals surface area contributed by atoms with Crippen molar-refractivity contribution in [1.82, 2.24) is 10.2 Å². The molecular weight excluding hydrogens is 608 g/mol. The van der Waals surface area contributed by atoms with E-state index in [0.29, 0.717) is 49.7 Å². The molecule has 0 aromatic heterocycles. The summed E-state index contributed by atoms with van der Waals surface area (Å²) < 4.78 is 7.62. The van der Waals surface area contributed by atoms with Crippen LogP contribution in [-0.4, -0.2) is 41.3 Å². The van der Waals surface area contributed by atoms with E-state index in [-0.39, 0.29) is 6.09 Å². The molecule has 4 aliphatic rings. The first-order chi connectivity index (χ1) is 18.0. The monoisotopic (exact) mass is 644 g/mol. The van der Waals surface area contributed by atoms with Gasteiger partial charge in [-0.15, -0.1) is 0 Å². The number of nitrogens with zero attached hydrogens (tertiary/aromatic N) is 1. The van der Waals surface area contributed by atoms with Gasteiger partial charge in [0.15, 0.2) is 0 Å². The first-order valence-corrected chi connectivity index (χ1v) is 15.2. The van der Waals surface area contributed by atoms with Crippen LogP contribution >= 0.6 is 31.9 Å². The van der Waals surface area contributed by atoms with Crippen LogP contribution in [0.2, 0.25) is 0 Å². The number of aliphatic hydroxyl groups is 1. The molecule has 2 aliphatic heterocycles. The SMILES string of the molecule is Brc1ccc(C2NCC3CC=CC32)cc1.CC(C)(C)OC(=O)N1C[C@@H]2CC(O)(c3ccc(Br)cc3)C[C@@H]2C1. The molecule has 2 heterocycles. The highest BCUT2D eigenvalue weighted by Gasteiger charge is 2.50. The van der Waals surface area contributed by atoms with Crippen molar-refractivity contribution in [2.24, 2.45) is 23.7 Å². The lowest BCUT2D eigenvalue weighted by Gasteiger charge is -2.28. The van der Waals surface area contributed by atoms with Gasteiger partial charge in [-0.05, 0) is 99.7 Å². The summed E-state index contributed by atoms with van der Waals surface area (Å²) in [6.07, 6.45) is 7.15. The van der Waals surface area contributed by atoms with E-state index < -0.39 is 11.2 Å². The highest BCUT2D eigenvalue weighted by atomic mass is 79.9. The third kappa shape index (κ3) is 6.22. The Kier molecular flexibility index (Phi) is 8.12. The molecule has 7 heteroatoms. The standard InChI is InChI=1S/C18H24BrNO3.C13H14BrN/c1-17(2,3)23-16(21)20-10-12-8-18(22,9-13(12)11-20)14-4-6-15(19)7-5-14;14-11-6-4-9(5-7-11)13-12-3-1-2-10(12)8-15-13/h4-7,12-13,22H,8-11H2,1-3H3;1,3-7,10,12-13,15H,2,8H2/t12-,13+,18?;. The number of hydrogen-bond donors (Lipinski definition) is 2. The first kappa shape index (κ1) is 27.9. The number of carbonyl (C=O) groups is 1. The second-order valence-electron chi connectivity index (χ2n) is 12.3. The summed E-state index contributed by atoms with van der Waals surface area (Å²) in [5.74, 6) is 2.23. The summed E-state index contributed by atoms with van der Waals surface area (Å²) in [7, 11) is 0. The van der Waals surface area contributed by atoms with E-state index in [4.69, 9.17) is 4.74 Å². The maximum atomic E-state index is 12.2. The number of benzene rings is 2. The quantitative estimate of drug-likeness (QED) is 0.339. The van der Waals surface area contributed by atoms with Crippen molar-refractivity contribution < 1.29 is 14.6 Å². The number of allylic oxidation sites excluding steroid dienone is 1. The largest absolute Gasteiger partial charge is 0.444 e. The molecule has 2 aliphatic carbocycles. The van der Waals surface area contributed by atoms with Crippen LogP contribution in [0, 0.1) is 23.7 Å². The normalized spacial score (nSPS) is 31.5. The van der Waals surface area contributed by atoms with Gasteiger partial charge >= 0.3 is 6.09 Å². The molecule has 2 saturated heterocycles. The van der Waals surface area contributed by atoms with Crippen molar-refractivity contribution in [1.29, 1.82) is 0 Å². The lowest BCUT2D eigenvalue weighted by atomic mass is 9.90. The van der Waals surface area contributed by atoms with Crippen LogP contribution in [0.3, 0.4) is 0 Å². The molecule has 5 nitrogen and oxygen atoms in total. The maximum Gasteiger partial charge on any atom is 0.410 e. The Morgan fingerprint density at radius 3 is 2.13 bits per heavy atom. The maximum absolute atomic E-state index is 12.2. The first-order valence-electron chi connectivity index (χ1n) is 13.6. The van der Waals surface area contributed by atoms with Gasteiger partial charge in [0.1, 0.15) is 5.60 Å². The predicted molar refractivity (Wildman–Crippen MR) is 158 cm³/mol. The number of nitrogens with one attached hydrogen (secondary N) is 1. The summed E-state index contributed by atoms with van der Waals surface area (Å²) in [5.41, 5.74) is 1.15. The average molecular weight is 646 g/mol. The zero-order valence-electron chi connectivity index (χ0n) is 22.4. The van der Waals surface area contributed by atoms with Crippen molar-refractivity contribution in [2.45, 2.75) is 57.3 Å². The molecule has 4 unspecified atom stereocenters. The second-order valence-corrected chi connectivity index (χ2v) is 14.1. The van der Waals surface area contributed by atoms with Crippen LogP contribution in [0.4, 0.5) is 4.79 Å². The van der Waals surface area contributed by atoms with Gasteiger partial charge < -0.3 is 20.1 Å². The lowest BCUT2D eigenvalue weighted by Crippen LogP contribution is -2.37. The summed E-state index contributed by atoms with van der Waals surface area (Å²) in [5, 5.41) is 14.6. The Balaban J connectivity index is 0.000000168. The van der Waals surface area contributed by atoms with E-state index in [2.05, 4.69) is 73.6 Å². The van der Waals surface area contributed by atoms with Gasteiger partial charge in [-0.25, -0.2) is 4.79 Å². The van der Waals surface area contributed by atoms with E-state index >= 15 is 0 Å². The number of amides is 1. The number of halogens is 2. The molecular formula is C31H38Br2N2O3. The molecule has 2 aromatic carbocycles. The Bertz CT molecular complexity index is 1150. The average Bonchev–Trinajstić information content (AvgIpc) is 3.60. The zero-order chi connectivity index (χ0) is 27.1. The van der Waals surface area contributed by atoms with Crippen LogP contribution in [0.1, 0.15) is 57.2 Å². The molecule has 2 N–H and O–H groups in total. The number of rotatable bonds is 2. The van der Waals surface area contributed by atoms with Crippen molar-refractivity contribution in [3.05, 3.63) is 80.8 Å². The molecule has 0 radical (unpaired) electrons. The summed E-state index contributed by atoms with van der Waals surface area (Å²) in [6, 6.07) is 17.1. The van der Waals surface area contributed by atoms with E-state index in [1.165, 1.54) is 18.5 Å². The Hall–Kier alpha value is -1.67. The van der Waals surface area contributed by atoms with Gasteiger partial charge in [-0.1, -0.05) is 68.3 Å². The van der Waals surface area contributed by atoms with Gasteiger partial charge in [0.05, 0.1) is 5.60 Å². The highest BCUT2D eigenvalue weighted by Crippen LogP contribution is 2.49. The van der Waals surface area contributed by atoms with Crippen molar-refractivity contribution >= 4 is 38.0 Å². The van der Waals surface area contributed by atoms with E-state index in [1.807, 2.05) is 45.0 Å². The number of fused-ring (bicyclic) bond motifs is 2. The van der Waals surface area contributed by atoms with E-state index in [0.717, 1.165) is 20.4 Å². The molecule has 0 bridgehead atoms. The topological polar surface area (TPSA) is 61.8 Å². The minimum absolute atomic E-state index is 0.237. The number of likely N-dealkylation sites (tertiary alicyclic amines) is 1. The Morgan fingerprint density at radius 2 is 1.55 bits per heavy atom.